The van der Waals surface area contributed by atoms with E-state index in [1.807, 2.05) is 29.7 Å². The van der Waals surface area contributed by atoms with Crippen molar-refractivity contribution < 1.29 is 4.79 Å². The number of carbonyl (C=O) groups is 1. The standard InChI is InChI=1S/C14H15N5O/c1-2-19-8-9(15)6-13(19)14(20)17-11-4-3-5-12-10(11)7-16-18-12/h3-8H,2,15H2,1H3,(H,16,18)(H,17,20). The predicted octanol–water partition coefficient (Wildman–Crippen LogP) is 2.22. The third kappa shape index (κ3) is 2.01. The Morgan fingerprint density at radius 3 is 3.15 bits per heavy atom. The Bertz CT molecular complexity index is 771. The van der Waals surface area contributed by atoms with Crippen LogP contribution in [0.25, 0.3) is 10.9 Å². The highest BCUT2D eigenvalue weighted by Gasteiger charge is 2.13. The van der Waals surface area contributed by atoms with Crippen molar-refractivity contribution >= 4 is 28.2 Å². The van der Waals surface area contributed by atoms with Crippen LogP contribution in [0, 0.1) is 0 Å². The van der Waals surface area contributed by atoms with E-state index in [4.69, 9.17) is 5.73 Å². The lowest BCUT2D eigenvalue weighted by atomic mass is 10.2. The molecule has 3 aromatic rings. The molecule has 0 spiro atoms. The summed E-state index contributed by atoms with van der Waals surface area (Å²) in [5.41, 5.74) is 8.48. The number of nitrogen functional groups attached to an aromatic ring is 1. The molecule has 102 valence electrons. The number of hydrogen-bond acceptors (Lipinski definition) is 3. The molecule has 0 fully saturated rings. The van der Waals surface area contributed by atoms with Crippen molar-refractivity contribution in [1.82, 2.24) is 14.8 Å². The smallest absolute Gasteiger partial charge is 0.272 e. The van der Waals surface area contributed by atoms with Crippen LogP contribution in [-0.4, -0.2) is 20.7 Å². The molecule has 0 aliphatic heterocycles. The van der Waals surface area contributed by atoms with Gasteiger partial charge in [0.05, 0.1) is 23.1 Å². The summed E-state index contributed by atoms with van der Waals surface area (Å²) in [5, 5.41) is 10.6. The maximum atomic E-state index is 12.4. The highest BCUT2D eigenvalue weighted by atomic mass is 16.1. The molecule has 3 rings (SSSR count). The number of fused-ring (bicyclic) bond motifs is 1. The number of H-pyrrole nitrogens is 1. The number of aromatic nitrogens is 3. The van der Waals surface area contributed by atoms with Crippen molar-refractivity contribution in [3.63, 3.8) is 0 Å². The third-order valence-electron chi connectivity index (χ3n) is 3.22. The minimum Gasteiger partial charge on any atom is -0.397 e. The largest absolute Gasteiger partial charge is 0.397 e. The van der Waals surface area contributed by atoms with Crippen molar-refractivity contribution in [3.8, 4) is 0 Å². The number of anilines is 2. The Labute approximate surface area is 115 Å². The Morgan fingerprint density at radius 1 is 1.50 bits per heavy atom. The maximum Gasteiger partial charge on any atom is 0.272 e. The summed E-state index contributed by atoms with van der Waals surface area (Å²) in [6.07, 6.45) is 3.45. The van der Waals surface area contributed by atoms with Gasteiger partial charge in [-0.2, -0.15) is 5.10 Å². The maximum absolute atomic E-state index is 12.4. The summed E-state index contributed by atoms with van der Waals surface area (Å²) in [6, 6.07) is 7.29. The van der Waals surface area contributed by atoms with E-state index >= 15 is 0 Å². The number of nitrogens with two attached hydrogens (primary N) is 1. The second-order valence-electron chi connectivity index (χ2n) is 4.54. The number of hydrogen-bond donors (Lipinski definition) is 3. The zero-order valence-electron chi connectivity index (χ0n) is 11.1. The molecular weight excluding hydrogens is 254 g/mol. The number of nitrogens with one attached hydrogen (secondary N) is 2. The van der Waals surface area contributed by atoms with Gasteiger partial charge in [-0.25, -0.2) is 0 Å². The van der Waals surface area contributed by atoms with Crippen LogP contribution < -0.4 is 11.1 Å². The van der Waals surface area contributed by atoms with Crippen LogP contribution in [0.4, 0.5) is 11.4 Å². The van der Waals surface area contributed by atoms with Crippen LogP contribution in [0.2, 0.25) is 0 Å². The van der Waals surface area contributed by atoms with Crippen molar-refractivity contribution in [2.75, 3.05) is 11.1 Å². The zero-order chi connectivity index (χ0) is 14.1. The van der Waals surface area contributed by atoms with Gasteiger partial charge < -0.3 is 15.6 Å². The van der Waals surface area contributed by atoms with E-state index in [1.165, 1.54) is 0 Å². The fourth-order valence-corrected chi connectivity index (χ4v) is 2.25. The number of amides is 1. The minimum atomic E-state index is -0.183. The average molecular weight is 269 g/mol. The molecule has 0 unspecified atom stereocenters. The summed E-state index contributed by atoms with van der Waals surface area (Å²) in [6.45, 7) is 2.66. The van der Waals surface area contributed by atoms with E-state index in [2.05, 4.69) is 15.5 Å². The molecule has 0 atom stereocenters. The SMILES string of the molecule is CCn1cc(N)cc1C(=O)Nc1cccc2[nH]ncc12. The van der Waals surface area contributed by atoms with Crippen molar-refractivity contribution in [2.45, 2.75) is 13.5 Å². The lowest BCUT2D eigenvalue weighted by Gasteiger charge is -2.08. The first-order chi connectivity index (χ1) is 9.69. The quantitative estimate of drug-likeness (QED) is 0.681. The molecule has 6 heteroatoms. The van der Waals surface area contributed by atoms with Crippen LogP contribution in [0.5, 0.6) is 0 Å². The molecule has 2 aromatic heterocycles. The van der Waals surface area contributed by atoms with Crippen LogP contribution in [0.1, 0.15) is 17.4 Å². The molecule has 20 heavy (non-hydrogen) atoms. The Morgan fingerprint density at radius 2 is 2.35 bits per heavy atom. The molecule has 6 nitrogen and oxygen atoms in total. The van der Waals surface area contributed by atoms with E-state index in [-0.39, 0.29) is 5.91 Å². The van der Waals surface area contributed by atoms with Crippen LogP contribution in [-0.2, 0) is 6.54 Å². The molecule has 0 radical (unpaired) electrons. The Kier molecular flexibility index (Phi) is 2.90. The lowest BCUT2D eigenvalue weighted by molar-refractivity contribution is 0.101. The van der Waals surface area contributed by atoms with Gasteiger partial charge in [0, 0.05) is 18.1 Å². The highest BCUT2D eigenvalue weighted by molar-refractivity contribution is 6.08. The van der Waals surface area contributed by atoms with Gasteiger partial charge >= 0.3 is 0 Å². The molecule has 1 aromatic carbocycles. The summed E-state index contributed by atoms with van der Waals surface area (Å²) < 4.78 is 1.82. The fourth-order valence-electron chi connectivity index (χ4n) is 2.25. The topological polar surface area (TPSA) is 88.7 Å². The van der Waals surface area contributed by atoms with Gasteiger partial charge in [0.2, 0.25) is 0 Å². The van der Waals surface area contributed by atoms with Crippen molar-refractivity contribution in [2.24, 2.45) is 0 Å². The minimum absolute atomic E-state index is 0.183. The van der Waals surface area contributed by atoms with E-state index in [0.29, 0.717) is 17.9 Å². The number of aromatic amines is 1. The molecule has 1 amide bonds. The van der Waals surface area contributed by atoms with E-state index in [9.17, 15) is 4.79 Å². The van der Waals surface area contributed by atoms with Gasteiger partial charge in [-0.05, 0) is 25.1 Å². The van der Waals surface area contributed by atoms with E-state index < -0.39 is 0 Å². The van der Waals surface area contributed by atoms with Crippen molar-refractivity contribution in [3.05, 3.63) is 42.4 Å². The molecule has 4 N–H and O–H groups in total. The average Bonchev–Trinajstić information content (AvgIpc) is 3.05. The zero-order valence-corrected chi connectivity index (χ0v) is 11.1. The molecule has 0 aliphatic carbocycles. The second kappa shape index (κ2) is 4.73. The van der Waals surface area contributed by atoms with E-state index in [1.54, 1.807) is 18.5 Å². The number of aryl methyl sites for hydroxylation is 1. The van der Waals surface area contributed by atoms with Gasteiger partial charge in [0.15, 0.2) is 0 Å². The number of benzene rings is 1. The van der Waals surface area contributed by atoms with Crippen LogP contribution in [0.3, 0.4) is 0 Å². The number of rotatable bonds is 3. The molecule has 0 saturated heterocycles. The Hall–Kier alpha value is -2.76. The molecule has 0 aliphatic rings. The van der Waals surface area contributed by atoms with E-state index in [0.717, 1.165) is 16.6 Å². The van der Waals surface area contributed by atoms with Gasteiger partial charge in [0.1, 0.15) is 5.69 Å². The molecule has 0 saturated carbocycles. The first-order valence-electron chi connectivity index (χ1n) is 6.38. The monoisotopic (exact) mass is 269 g/mol. The van der Waals surface area contributed by atoms with Gasteiger partial charge in [-0.15, -0.1) is 0 Å². The number of carbonyl (C=O) groups excluding carboxylic acids is 1. The molecular formula is C14H15N5O. The number of nitrogens with zero attached hydrogens (tertiary/aromatic N) is 2. The van der Waals surface area contributed by atoms with Crippen LogP contribution in [0.15, 0.2) is 36.7 Å². The first-order valence-corrected chi connectivity index (χ1v) is 6.38. The normalized spacial score (nSPS) is 10.8. The highest BCUT2D eigenvalue weighted by Crippen LogP contribution is 2.22. The van der Waals surface area contributed by atoms with Gasteiger partial charge in [0.25, 0.3) is 5.91 Å². The summed E-state index contributed by atoms with van der Waals surface area (Å²) >= 11 is 0. The molecule has 0 bridgehead atoms. The van der Waals surface area contributed by atoms with Crippen LogP contribution >= 0.6 is 0 Å². The van der Waals surface area contributed by atoms with Gasteiger partial charge in [-0.3, -0.25) is 9.89 Å². The Balaban J connectivity index is 1.94. The fraction of sp³-hybridized carbons (Fsp3) is 0.143. The summed E-state index contributed by atoms with van der Waals surface area (Å²) in [7, 11) is 0. The first kappa shape index (κ1) is 12.3. The van der Waals surface area contributed by atoms with Crippen molar-refractivity contribution in [1.29, 1.82) is 0 Å². The summed E-state index contributed by atoms with van der Waals surface area (Å²) in [4.78, 5) is 12.4. The molecule has 2 heterocycles. The second-order valence-corrected chi connectivity index (χ2v) is 4.54. The summed E-state index contributed by atoms with van der Waals surface area (Å²) in [5.74, 6) is -0.183. The van der Waals surface area contributed by atoms with Gasteiger partial charge in [-0.1, -0.05) is 6.07 Å². The lowest BCUT2D eigenvalue weighted by Crippen LogP contribution is -2.16. The predicted molar refractivity (Wildman–Crippen MR) is 78.6 cm³/mol. The third-order valence-corrected chi connectivity index (χ3v) is 3.22.